The van der Waals surface area contributed by atoms with Gasteiger partial charge in [0.05, 0.1) is 23.5 Å². The Morgan fingerprint density at radius 2 is 2.13 bits per heavy atom. The number of nitrogens with zero attached hydrogens (tertiary/aromatic N) is 3. The van der Waals surface area contributed by atoms with E-state index in [2.05, 4.69) is 4.98 Å². The number of fused-ring (bicyclic) bond motifs is 1. The first-order valence-electron chi connectivity index (χ1n) is 7.76. The maximum Gasteiger partial charge on any atom is 0.261 e. The van der Waals surface area contributed by atoms with E-state index in [4.69, 9.17) is 0 Å². The molecular weight excluding hydrogens is 314 g/mol. The highest BCUT2D eigenvalue weighted by atomic mass is 32.2. The maximum atomic E-state index is 12.7. The molecule has 0 radical (unpaired) electrons. The lowest BCUT2D eigenvalue weighted by Gasteiger charge is -2.31. The number of piperidine rings is 1. The second kappa shape index (κ2) is 6.05. The topological polar surface area (TPSA) is 72.3 Å². The van der Waals surface area contributed by atoms with Crippen molar-refractivity contribution < 1.29 is 8.42 Å². The zero-order valence-corrected chi connectivity index (χ0v) is 14.2. The molecule has 7 heteroatoms. The highest BCUT2D eigenvalue weighted by Crippen LogP contribution is 2.20. The van der Waals surface area contributed by atoms with E-state index in [1.807, 2.05) is 25.1 Å². The van der Waals surface area contributed by atoms with Gasteiger partial charge in [0.25, 0.3) is 5.56 Å². The molecule has 0 saturated carbocycles. The summed E-state index contributed by atoms with van der Waals surface area (Å²) in [4.78, 5) is 17.1. The molecule has 1 aromatic heterocycles. The maximum absolute atomic E-state index is 12.7. The van der Waals surface area contributed by atoms with Gasteiger partial charge in [0.2, 0.25) is 10.0 Å². The highest BCUT2D eigenvalue weighted by Gasteiger charge is 2.26. The zero-order chi connectivity index (χ0) is 16.6. The third kappa shape index (κ3) is 3.30. The van der Waals surface area contributed by atoms with E-state index in [0.717, 1.165) is 18.4 Å². The molecule has 6 nitrogen and oxygen atoms in total. The van der Waals surface area contributed by atoms with Crippen LogP contribution in [0.5, 0.6) is 0 Å². The Kier molecular flexibility index (Phi) is 4.25. The molecule has 1 aliphatic heterocycles. The summed E-state index contributed by atoms with van der Waals surface area (Å²) in [5.74, 6) is 0.138. The number of benzene rings is 1. The lowest BCUT2D eigenvalue weighted by Crippen LogP contribution is -2.41. The Morgan fingerprint density at radius 1 is 1.35 bits per heavy atom. The summed E-state index contributed by atoms with van der Waals surface area (Å²) < 4.78 is 26.6. The molecule has 0 unspecified atom stereocenters. The molecule has 0 amide bonds. The predicted octanol–water partition coefficient (Wildman–Crippen LogP) is 1.38. The second-order valence-electron chi connectivity index (χ2n) is 6.30. The fraction of sp³-hybridized carbons (Fsp3) is 0.500. The lowest BCUT2D eigenvalue weighted by atomic mass is 9.99. The molecule has 1 aromatic carbocycles. The van der Waals surface area contributed by atoms with Crippen LogP contribution in [0.3, 0.4) is 0 Å². The molecular formula is C16H21N3O3S. The average Bonchev–Trinajstić information content (AvgIpc) is 2.50. The average molecular weight is 335 g/mol. The van der Waals surface area contributed by atoms with Crippen molar-refractivity contribution in [2.75, 3.05) is 19.3 Å². The normalized spacial score (nSPS) is 20.0. The summed E-state index contributed by atoms with van der Waals surface area (Å²) >= 11 is 0. The largest absolute Gasteiger partial charge is 0.298 e. The molecule has 2 aromatic rings. The smallest absolute Gasteiger partial charge is 0.261 e. The van der Waals surface area contributed by atoms with Crippen molar-refractivity contribution in [1.29, 1.82) is 0 Å². The molecule has 0 spiro atoms. The molecule has 23 heavy (non-hydrogen) atoms. The molecule has 0 N–H and O–H groups in total. The Hall–Kier alpha value is -1.73. The SMILES string of the molecule is Cc1cccc2ncn(C[C@H]3CCCN(S(C)(=O)=O)C3)c(=O)c12. The molecule has 1 aliphatic rings. The van der Waals surface area contributed by atoms with Crippen molar-refractivity contribution in [3.8, 4) is 0 Å². The van der Waals surface area contributed by atoms with Crippen LogP contribution in [0.25, 0.3) is 10.9 Å². The molecule has 124 valence electrons. The van der Waals surface area contributed by atoms with Crippen molar-refractivity contribution in [2.24, 2.45) is 5.92 Å². The first-order valence-corrected chi connectivity index (χ1v) is 9.61. The molecule has 0 bridgehead atoms. The van der Waals surface area contributed by atoms with E-state index in [-0.39, 0.29) is 11.5 Å². The first-order chi connectivity index (χ1) is 10.9. The van der Waals surface area contributed by atoms with Crippen LogP contribution in [0.4, 0.5) is 0 Å². The van der Waals surface area contributed by atoms with Gasteiger partial charge in [-0.05, 0) is 37.3 Å². The van der Waals surface area contributed by atoms with E-state index in [1.54, 1.807) is 10.9 Å². The van der Waals surface area contributed by atoms with E-state index in [9.17, 15) is 13.2 Å². The first kappa shape index (κ1) is 16.1. The summed E-state index contributed by atoms with van der Waals surface area (Å²) in [6.45, 7) is 3.44. The van der Waals surface area contributed by atoms with Gasteiger partial charge >= 0.3 is 0 Å². The van der Waals surface area contributed by atoms with Crippen molar-refractivity contribution in [1.82, 2.24) is 13.9 Å². The van der Waals surface area contributed by atoms with Gasteiger partial charge in [-0.1, -0.05) is 12.1 Å². The summed E-state index contributed by atoms with van der Waals surface area (Å²) in [5.41, 5.74) is 1.56. The summed E-state index contributed by atoms with van der Waals surface area (Å²) in [6, 6.07) is 5.63. The quantitative estimate of drug-likeness (QED) is 0.849. The second-order valence-corrected chi connectivity index (χ2v) is 8.28. The van der Waals surface area contributed by atoms with Crippen LogP contribution in [0.2, 0.25) is 0 Å². The van der Waals surface area contributed by atoms with Gasteiger partial charge in [-0.2, -0.15) is 0 Å². The van der Waals surface area contributed by atoms with Gasteiger partial charge in [0, 0.05) is 19.6 Å². The fourth-order valence-corrected chi connectivity index (χ4v) is 4.19. The predicted molar refractivity (Wildman–Crippen MR) is 89.9 cm³/mol. The minimum absolute atomic E-state index is 0.0513. The van der Waals surface area contributed by atoms with Gasteiger partial charge < -0.3 is 0 Å². The van der Waals surface area contributed by atoms with E-state index in [1.165, 1.54) is 10.6 Å². The monoisotopic (exact) mass is 335 g/mol. The third-order valence-corrected chi connectivity index (χ3v) is 5.74. The molecule has 1 fully saturated rings. The number of hydrogen-bond acceptors (Lipinski definition) is 4. The van der Waals surface area contributed by atoms with Crippen LogP contribution in [0, 0.1) is 12.8 Å². The van der Waals surface area contributed by atoms with Crippen LogP contribution in [0.1, 0.15) is 18.4 Å². The van der Waals surface area contributed by atoms with Crippen molar-refractivity contribution in [2.45, 2.75) is 26.3 Å². The fourth-order valence-electron chi connectivity index (χ4n) is 3.25. The number of aromatic nitrogens is 2. The van der Waals surface area contributed by atoms with Crippen molar-refractivity contribution in [3.63, 3.8) is 0 Å². The molecule has 0 aliphatic carbocycles. The van der Waals surface area contributed by atoms with Crippen LogP contribution < -0.4 is 5.56 Å². The summed E-state index contributed by atoms with van der Waals surface area (Å²) in [7, 11) is -3.17. The van der Waals surface area contributed by atoms with Gasteiger partial charge in [0.15, 0.2) is 0 Å². The Bertz CT molecular complexity index is 889. The van der Waals surface area contributed by atoms with E-state index in [0.29, 0.717) is 30.5 Å². The van der Waals surface area contributed by atoms with Crippen LogP contribution in [-0.4, -0.2) is 41.6 Å². The Labute approximate surface area is 135 Å². The molecule has 1 atom stereocenters. The molecule has 1 saturated heterocycles. The Morgan fingerprint density at radius 3 is 2.87 bits per heavy atom. The number of rotatable bonds is 3. The summed E-state index contributed by atoms with van der Waals surface area (Å²) in [5, 5.41) is 0.644. The van der Waals surface area contributed by atoms with Gasteiger partial charge in [0.1, 0.15) is 0 Å². The number of aryl methyl sites for hydroxylation is 1. The van der Waals surface area contributed by atoms with Gasteiger partial charge in [-0.25, -0.2) is 17.7 Å². The van der Waals surface area contributed by atoms with Crippen molar-refractivity contribution >= 4 is 20.9 Å². The van der Waals surface area contributed by atoms with Crippen molar-refractivity contribution in [3.05, 3.63) is 40.4 Å². The zero-order valence-electron chi connectivity index (χ0n) is 13.4. The summed E-state index contributed by atoms with van der Waals surface area (Å²) in [6.07, 6.45) is 4.56. The Balaban J connectivity index is 1.89. The molecule has 2 heterocycles. The van der Waals surface area contributed by atoms with E-state index < -0.39 is 10.0 Å². The number of sulfonamides is 1. The minimum atomic E-state index is -3.17. The number of hydrogen-bond donors (Lipinski definition) is 0. The van der Waals surface area contributed by atoms with Crippen LogP contribution in [-0.2, 0) is 16.6 Å². The third-order valence-electron chi connectivity index (χ3n) is 4.47. The standard InChI is InChI=1S/C16H21N3O3S/c1-12-5-3-7-14-15(12)16(20)18(11-17-14)9-13-6-4-8-19(10-13)23(2,21)22/h3,5,7,11,13H,4,6,8-10H2,1-2H3/t13-/m1/s1. The van der Waals surface area contributed by atoms with Crippen LogP contribution >= 0.6 is 0 Å². The van der Waals surface area contributed by atoms with Gasteiger partial charge in [-0.15, -0.1) is 0 Å². The minimum Gasteiger partial charge on any atom is -0.298 e. The van der Waals surface area contributed by atoms with E-state index >= 15 is 0 Å². The molecule has 3 rings (SSSR count). The highest BCUT2D eigenvalue weighted by molar-refractivity contribution is 7.88. The van der Waals surface area contributed by atoms with Crippen LogP contribution in [0.15, 0.2) is 29.3 Å². The van der Waals surface area contributed by atoms with Gasteiger partial charge in [-0.3, -0.25) is 9.36 Å². The lowest BCUT2D eigenvalue weighted by molar-refractivity contribution is 0.244.